The van der Waals surface area contributed by atoms with E-state index in [4.69, 9.17) is 0 Å². The summed E-state index contributed by atoms with van der Waals surface area (Å²) in [7, 11) is 0. The number of hydrogen-bond acceptors (Lipinski definition) is 2. The fraction of sp³-hybridized carbons (Fsp3) is 1.00. The lowest BCUT2D eigenvalue weighted by molar-refractivity contribution is 0.146. The van der Waals surface area contributed by atoms with Crippen molar-refractivity contribution in [3.8, 4) is 0 Å². The van der Waals surface area contributed by atoms with Crippen molar-refractivity contribution in [2.24, 2.45) is 11.8 Å². The number of nitrogens with zero attached hydrogens (tertiary/aromatic N) is 1. The van der Waals surface area contributed by atoms with Gasteiger partial charge in [-0.05, 0) is 63.6 Å². The van der Waals surface area contributed by atoms with Crippen LogP contribution in [-0.4, -0.2) is 37.1 Å². The zero-order chi connectivity index (χ0) is 12.1. The van der Waals surface area contributed by atoms with Gasteiger partial charge in [0.25, 0.3) is 0 Å². The monoisotopic (exact) mass is 238 g/mol. The van der Waals surface area contributed by atoms with E-state index < -0.39 is 0 Å². The fourth-order valence-electron chi connectivity index (χ4n) is 3.80. The molecular weight excluding hydrogens is 208 g/mol. The van der Waals surface area contributed by atoms with Crippen molar-refractivity contribution in [1.29, 1.82) is 0 Å². The third-order valence-electron chi connectivity index (χ3n) is 4.62. The molecule has 0 aromatic carbocycles. The molecule has 1 N–H and O–H groups in total. The Morgan fingerprint density at radius 2 is 2.18 bits per heavy atom. The first-order valence-corrected chi connectivity index (χ1v) is 7.76. The van der Waals surface area contributed by atoms with Crippen LogP contribution >= 0.6 is 0 Å². The number of rotatable bonds is 5. The van der Waals surface area contributed by atoms with Crippen LogP contribution in [0, 0.1) is 11.8 Å². The summed E-state index contributed by atoms with van der Waals surface area (Å²) in [6, 6.07) is 0.891. The Hall–Kier alpha value is -0.0800. The summed E-state index contributed by atoms with van der Waals surface area (Å²) in [4.78, 5) is 2.80. The molecule has 2 saturated heterocycles. The average molecular weight is 238 g/mol. The topological polar surface area (TPSA) is 15.3 Å². The zero-order valence-corrected chi connectivity index (χ0v) is 11.8. The number of nitrogens with one attached hydrogen (secondary N) is 1. The summed E-state index contributed by atoms with van der Waals surface area (Å²) >= 11 is 0. The van der Waals surface area contributed by atoms with Gasteiger partial charge in [0.1, 0.15) is 0 Å². The summed E-state index contributed by atoms with van der Waals surface area (Å²) in [5, 5.41) is 3.58. The second-order valence-electron chi connectivity index (χ2n) is 6.20. The van der Waals surface area contributed by atoms with Gasteiger partial charge in [-0.25, -0.2) is 0 Å². The fourth-order valence-corrected chi connectivity index (χ4v) is 3.80. The highest BCUT2D eigenvalue weighted by atomic mass is 15.2. The predicted octanol–water partition coefficient (Wildman–Crippen LogP) is 2.89. The lowest BCUT2D eigenvalue weighted by atomic mass is 9.89. The smallest absolute Gasteiger partial charge is 0.0136 e. The molecule has 0 aliphatic carbocycles. The molecule has 3 unspecified atom stereocenters. The zero-order valence-electron chi connectivity index (χ0n) is 11.8. The van der Waals surface area contributed by atoms with Gasteiger partial charge in [0.05, 0.1) is 0 Å². The summed E-state index contributed by atoms with van der Waals surface area (Å²) in [6.07, 6.45) is 8.46. The van der Waals surface area contributed by atoms with E-state index in [1.54, 1.807) is 0 Å². The standard InChI is InChI=1S/C15H30N2/c1-3-6-13(2)12-17-10-5-8-15(17)14-7-4-9-16-11-14/h13-16H,3-12H2,1-2H3. The number of likely N-dealkylation sites (tertiary alicyclic amines) is 1. The van der Waals surface area contributed by atoms with Gasteiger partial charge in [-0.2, -0.15) is 0 Å². The van der Waals surface area contributed by atoms with Gasteiger partial charge in [-0.3, -0.25) is 4.90 Å². The average Bonchev–Trinajstić information content (AvgIpc) is 2.78. The van der Waals surface area contributed by atoms with E-state index in [1.165, 1.54) is 64.7 Å². The molecule has 0 amide bonds. The van der Waals surface area contributed by atoms with Crippen molar-refractivity contribution in [2.45, 2.75) is 58.4 Å². The lowest BCUT2D eigenvalue weighted by Gasteiger charge is -2.35. The highest BCUT2D eigenvalue weighted by Crippen LogP contribution is 2.29. The lowest BCUT2D eigenvalue weighted by Crippen LogP contribution is -2.44. The maximum atomic E-state index is 3.58. The van der Waals surface area contributed by atoms with Crippen molar-refractivity contribution in [3.63, 3.8) is 0 Å². The van der Waals surface area contributed by atoms with Crippen molar-refractivity contribution in [3.05, 3.63) is 0 Å². The van der Waals surface area contributed by atoms with E-state index in [9.17, 15) is 0 Å². The second kappa shape index (κ2) is 6.75. The third kappa shape index (κ3) is 3.69. The van der Waals surface area contributed by atoms with Crippen molar-refractivity contribution in [1.82, 2.24) is 10.2 Å². The molecule has 2 heterocycles. The summed E-state index contributed by atoms with van der Waals surface area (Å²) in [5.74, 6) is 1.82. The van der Waals surface area contributed by atoms with Crippen LogP contribution in [0.25, 0.3) is 0 Å². The van der Waals surface area contributed by atoms with E-state index in [1.807, 2.05) is 0 Å². The summed E-state index contributed by atoms with van der Waals surface area (Å²) < 4.78 is 0. The molecule has 2 nitrogen and oxygen atoms in total. The van der Waals surface area contributed by atoms with Gasteiger partial charge in [0, 0.05) is 12.6 Å². The first-order valence-electron chi connectivity index (χ1n) is 7.76. The molecular formula is C15H30N2. The normalized spacial score (nSPS) is 32.8. The minimum Gasteiger partial charge on any atom is -0.316 e. The molecule has 0 aromatic rings. The molecule has 2 aliphatic rings. The van der Waals surface area contributed by atoms with Crippen LogP contribution < -0.4 is 5.32 Å². The Labute approximate surface area is 107 Å². The molecule has 0 aromatic heterocycles. The Morgan fingerprint density at radius 1 is 1.29 bits per heavy atom. The van der Waals surface area contributed by atoms with Crippen LogP contribution in [0.3, 0.4) is 0 Å². The molecule has 100 valence electrons. The maximum Gasteiger partial charge on any atom is 0.0136 e. The molecule has 2 heteroatoms. The molecule has 0 spiro atoms. The predicted molar refractivity (Wildman–Crippen MR) is 74.3 cm³/mol. The van der Waals surface area contributed by atoms with Crippen molar-refractivity contribution in [2.75, 3.05) is 26.2 Å². The second-order valence-corrected chi connectivity index (χ2v) is 6.20. The van der Waals surface area contributed by atoms with Gasteiger partial charge < -0.3 is 5.32 Å². The van der Waals surface area contributed by atoms with E-state index in [2.05, 4.69) is 24.1 Å². The minimum absolute atomic E-state index is 0.886. The van der Waals surface area contributed by atoms with Gasteiger partial charge in [0.15, 0.2) is 0 Å². The van der Waals surface area contributed by atoms with Gasteiger partial charge >= 0.3 is 0 Å². The van der Waals surface area contributed by atoms with Crippen LogP contribution in [-0.2, 0) is 0 Å². The molecule has 17 heavy (non-hydrogen) atoms. The Balaban J connectivity index is 1.83. The SMILES string of the molecule is CCCC(C)CN1CCCC1C1CCCNC1. The number of piperidine rings is 1. The van der Waals surface area contributed by atoms with Crippen molar-refractivity contribution < 1.29 is 0 Å². The van der Waals surface area contributed by atoms with E-state index in [0.29, 0.717) is 0 Å². The van der Waals surface area contributed by atoms with Crippen LogP contribution in [0.1, 0.15) is 52.4 Å². The van der Waals surface area contributed by atoms with E-state index in [0.717, 1.165) is 17.9 Å². The molecule has 0 radical (unpaired) electrons. The first kappa shape index (κ1) is 13.4. The van der Waals surface area contributed by atoms with E-state index >= 15 is 0 Å². The third-order valence-corrected chi connectivity index (χ3v) is 4.62. The number of hydrogen-bond donors (Lipinski definition) is 1. The van der Waals surface area contributed by atoms with Crippen LogP contribution in [0.4, 0.5) is 0 Å². The quantitative estimate of drug-likeness (QED) is 0.792. The molecule has 2 aliphatic heterocycles. The Morgan fingerprint density at radius 3 is 2.88 bits per heavy atom. The minimum atomic E-state index is 0.886. The van der Waals surface area contributed by atoms with Crippen molar-refractivity contribution >= 4 is 0 Å². The van der Waals surface area contributed by atoms with Gasteiger partial charge in [-0.1, -0.05) is 20.3 Å². The van der Waals surface area contributed by atoms with Gasteiger partial charge in [0.2, 0.25) is 0 Å². The summed E-state index contributed by atoms with van der Waals surface area (Å²) in [5.41, 5.74) is 0. The highest BCUT2D eigenvalue weighted by molar-refractivity contribution is 4.88. The molecule has 2 fully saturated rings. The Kier molecular flexibility index (Phi) is 5.30. The molecule has 0 bridgehead atoms. The van der Waals surface area contributed by atoms with Crippen LogP contribution in [0.5, 0.6) is 0 Å². The molecule has 0 saturated carbocycles. The van der Waals surface area contributed by atoms with E-state index in [-0.39, 0.29) is 0 Å². The summed E-state index contributed by atoms with van der Waals surface area (Å²) in [6.45, 7) is 9.95. The largest absolute Gasteiger partial charge is 0.316 e. The van der Waals surface area contributed by atoms with Crippen LogP contribution in [0.2, 0.25) is 0 Å². The molecule has 3 atom stereocenters. The Bertz CT molecular complexity index is 211. The first-order chi connectivity index (χ1) is 8.31. The molecule has 2 rings (SSSR count). The van der Waals surface area contributed by atoms with Gasteiger partial charge in [-0.15, -0.1) is 0 Å². The van der Waals surface area contributed by atoms with Crippen LogP contribution in [0.15, 0.2) is 0 Å². The highest BCUT2D eigenvalue weighted by Gasteiger charge is 2.32. The maximum absolute atomic E-state index is 3.58.